The first-order valence-electron chi connectivity index (χ1n) is 8.49. The van der Waals surface area contributed by atoms with Gasteiger partial charge in [0, 0.05) is 5.56 Å². The zero-order chi connectivity index (χ0) is 20.1. The summed E-state index contributed by atoms with van der Waals surface area (Å²) in [6, 6.07) is 2.89. The number of nitrogens with one attached hydrogen (secondary N) is 1. The molecule has 0 atom stereocenters. The zero-order valence-corrected chi connectivity index (χ0v) is 15.3. The van der Waals surface area contributed by atoms with Crippen LogP contribution in [-0.4, -0.2) is 34.4 Å². The maximum atomic E-state index is 13.2. The number of benzene rings is 1. The molecule has 3 heterocycles. The summed E-state index contributed by atoms with van der Waals surface area (Å²) in [5.74, 6) is -0.183. The number of hydrogen-bond acceptors (Lipinski definition) is 6. The van der Waals surface area contributed by atoms with Crippen LogP contribution in [0, 0.1) is 6.92 Å². The van der Waals surface area contributed by atoms with Crippen LogP contribution in [0.25, 0.3) is 11.3 Å². The van der Waals surface area contributed by atoms with E-state index in [1.165, 1.54) is 24.5 Å². The number of alkyl halides is 2. The number of fused-ring (bicyclic) bond motifs is 1. The van der Waals surface area contributed by atoms with E-state index in [1.807, 2.05) is 13.8 Å². The lowest BCUT2D eigenvalue weighted by atomic mass is 10.1. The Bertz CT molecular complexity index is 1050. The molecule has 1 amide bonds. The SMILES string of the molecule is CC1=C(C)C(C(=O)Nc2cnc(-c3cc4c(cc3C)OC(F)(F)O4)cn2)=NC1. The molecule has 0 aliphatic carbocycles. The van der Waals surface area contributed by atoms with Gasteiger partial charge in [-0.2, -0.15) is 0 Å². The fraction of sp³-hybridized carbons (Fsp3) is 0.263. The summed E-state index contributed by atoms with van der Waals surface area (Å²) in [6.07, 6.45) is -0.836. The fourth-order valence-electron chi connectivity index (χ4n) is 2.96. The summed E-state index contributed by atoms with van der Waals surface area (Å²) in [7, 11) is 0. The van der Waals surface area contributed by atoms with Gasteiger partial charge in [0.1, 0.15) is 5.71 Å². The van der Waals surface area contributed by atoms with Crippen LogP contribution in [0.4, 0.5) is 14.6 Å². The molecule has 0 saturated carbocycles. The average Bonchev–Trinajstić information content (AvgIpc) is 3.12. The van der Waals surface area contributed by atoms with E-state index in [9.17, 15) is 13.6 Å². The van der Waals surface area contributed by atoms with Crippen LogP contribution < -0.4 is 14.8 Å². The van der Waals surface area contributed by atoms with Gasteiger partial charge >= 0.3 is 6.29 Å². The van der Waals surface area contributed by atoms with E-state index in [0.29, 0.717) is 29.1 Å². The smallest absolute Gasteiger partial charge is 0.395 e. The van der Waals surface area contributed by atoms with Gasteiger partial charge in [-0.05, 0) is 49.6 Å². The van der Waals surface area contributed by atoms with Crippen molar-refractivity contribution in [1.29, 1.82) is 0 Å². The maximum absolute atomic E-state index is 13.2. The highest BCUT2D eigenvalue weighted by Crippen LogP contribution is 2.44. The lowest BCUT2D eigenvalue weighted by Crippen LogP contribution is -2.25. The van der Waals surface area contributed by atoms with E-state index in [4.69, 9.17) is 0 Å². The van der Waals surface area contributed by atoms with Gasteiger partial charge in [0.05, 0.1) is 24.6 Å². The minimum absolute atomic E-state index is 0.0286. The second-order valence-electron chi connectivity index (χ2n) is 6.59. The molecule has 1 aromatic carbocycles. The monoisotopic (exact) mass is 386 g/mol. The van der Waals surface area contributed by atoms with Gasteiger partial charge < -0.3 is 14.8 Å². The van der Waals surface area contributed by atoms with Crippen molar-refractivity contribution >= 4 is 17.4 Å². The summed E-state index contributed by atoms with van der Waals surface area (Å²) >= 11 is 0. The number of aliphatic imine (C=N–C) groups is 1. The van der Waals surface area contributed by atoms with Crippen molar-refractivity contribution < 1.29 is 23.0 Å². The molecule has 0 bridgehead atoms. The number of amides is 1. The van der Waals surface area contributed by atoms with Crippen molar-refractivity contribution in [3.63, 3.8) is 0 Å². The lowest BCUT2D eigenvalue weighted by molar-refractivity contribution is -0.286. The van der Waals surface area contributed by atoms with Crippen molar-refractivity contribution in [3.05, 3.63) is 41.2 Å². The lowest BCUT2D eigenvalue weighted by Gasteiger charge is -2.08. The van der Waals surface area contributed by atoms with Crippen molar-refractivity contribution in [2.45, 2.75) is 27.1 Å². The first-order valence-corrected chi connectivity index (χ1v) is 8.49. The minimum Gasteiger partial charge on any atom is -0.395 e. The van der Waals surface area contributed by atoms with Crippen LogP contribution in [0.3, 0.4) is 0 Å². The Labute approximate surface area is 159 Å². The molecule has 0 unspecified atom stereocenters. The van der Waals surface area contributed by atoms with Gasteiger partial charge in [0.2, 0.25) is 0 Å². The molecule has 0 fully saturated rings. The molecular weight excluding hydrogens is 370 g/mol. The molecule has 2 aromatic rings. The third kappa shape index (κ3) is 3.19. The molecule has 9 heteroatoms. The first-order chi connectivity index (χ1) is 13.2. The van der Waals surface area contributed by atoms with E-state index in [1.54, 1.807) is 6.92 Å². The van der Waals surface area contributed by atoms with Gasteiger partial charge in [0.15, 0.2) is 17.3 Å². The van der Waals surface area contributed by atoms with Crippen molar-refractivity contribution in [2.24, 2.45) is 4.99 Å². The number of rotatable bonds is 3. The third-order valence-electron chi connectivity index (χ3n) is 4.60. The average molecular weight is 386 g/mol. The molecule has 2 aliphatic heterocycles. The number of ether oxygens (including phenoxy) is 2. The summed E-state index contributed by atoms with van der Waals surface area (Å²) in [5, 5.41) is 2.66. The quantitative estimate of drug-likeness (QED) is 0.873. The molecule has 28 heavy (non-hydrogen) atoms. The Morgan fingerprint density at radius 2 is 1.82 bits per heavy atom. The van der Waals surface area contributed by atoms with Crippen molar-refractivity contribution in [1.82, 2.24) is 9.97 Å². The van der Waals surface area contributed by atoms with Crippen LogP contribution in [-0.2, 0) is 4.79 Å². The molecule has 144 valence electrons. The summed E-state index contributed by atoms with van der Waals surface area (Å²) in [6.45, 7) is 6.03. The molecule has 0 saturated heterocycles. The summed E-state index contributed by atoms with van der Waals surface area (Å²) in [5.41, 5.74) is 3.98. The Kier molecular flexibility index (Phi) is 4.10. The van der Waals surface area contributed by atoms with Gasteiger partial charge in [-0.3, -0.25) is 14.8 Å². The van der Waals surface area contributed by atoms with Crippen LogP contribution in [0.2, 0.25) is 0 Å². The maximum Gasteiger partial charge on any atom is 0.586 e. The predicted octanol–water partition coefficient (Wildman–Crippen LogP) is 3.50. The largest absolute Gasteiger partial charge is 0.586 e. The number of carbonyl (C=O) groups excluding carboxylic acids is 1. The summed E-state index contributed by atoms with van der Waals surface area (Å²) < 4.78 is 35.4. The Morgan fingerprint density at radius 3 is 2.43 bits per heavy atom. The van der Waals surface area contributed by atoms with E-state index in [-0.39, 0.29) is 23.2 Å². The number of anilines is 1. The highest BCUT2D eigenvalue weighted by atomic mass is 19.3. The second kappa shape index (κ2) is 6.36. The zero-order valence-electron chi connectivity index (χ0n) is 15.3. The van der Waals surface area contributed by atoms with Gasteiger partial charge in [-0.1, -0.05) is 0 Å². The topological polar surface area (TPSA) is 85.7 Å². The first kappa shape index (κ1) is 18.0. The number of aromatic nitrogens is 2. The van der Waals surface area contributed by atoms with E-state index in [2.05, 4.69) is 29.8 Å². The van der Waals surface area contributed by atoms with Crippen molar-refractivity contribution in [3.8, 4) is 22.8 Å². The number of carbonyl (C=O) groups is 1. The Balaban J connectivity index is 1.54. The van der Waals surface area contributed by atoms with Gasteiger partial charge in [-0.15, -0.1) is 8.78 Å². The second-order valence-corrected chi connectivity index (χ2v) is 6.59. The molecule has 0 spiro atoms. The Hall–Kier alpha value is -3.36. The number of halogens is 2. The van der Waals surface area contributed by atoms with Crippen LogP contribution in [0.1, 0.15) is 19.4 Å². The number of aryl methyl sites for hydroxylation is 1. The molecule has 1 N–H and O–H groups in total. The molecule has 0 radical (unpaired) electrons. The molecule has 2 aliphatic rings. The highest BCUT2D eigenvalue weighted by Gasteiger charge is 2.43. The minimum atomic E-state index is -3.68. The third-order valence-corrected chi connectivity index (χ3v) is 4.60. The molecule has 7 nitrogen and oxygen atoms in total. The van der Waals surface area contributed by atoms with Crippen molar-refractivity contribution in [2.75, 3.05) is 11.9 Å². The van der Waals surface area contributed by atoms with E-state index in [0.717, 1.165) is 11.1 Å². The molecule has 1 aromatic heterocycles. The van der Waals surface area contributed by atoms with E-state index < -0.39 is 6.29 Å². The van der Waals surface area contributed by atoms with Crippen LogP contribution in [0.5, 0.6) is 11.5 Å². The van der Waals surface area contributed by atoms with E-state index >= 15 is 0 Å². The van der Waals surface area contributed by atoms with Gasteiger partial charge in [0.25, 0.3) is 5.91 Å². The molecular formula is C19H16F2N4O3. The van der Waals surface area contributed by atoms with Gasteiger partial charge in [-0.25, -0.2) is 4.98 Å². The Morgan fingerprint density at radius 1 is 1.11 bits per heavy atom. The fourth-order valence-corrected chi connectivity index (χ4v) is 2.96. The highest BCUT2D eigenvalue weighted by molar-refractivity contribution is 6.49. The number of nitrogens with zero attached hydrogens (tertiary/aromatic N) is 3. The number of hydrogen-bond donors (Lipinski definition) is 1. The predicted molar refractivity (Wildman–Crippen MR) is 97.7 cm³/mol. The summed E-state index contributed by atoms with van der Waals surface area (Å²) in [4.78, 5) is 25.0. The standard InChI is InChI=1S/C19H16F2N4O3/c1-9-4-14-15(28-19(20,21)27-14)5-12(9)13-7-23-16(8-22-13)25-18(26)17-11(3)10(2)6-24-17/h4-5,7-8H,6H2,1-3H3,(H,23,25,26). The van der Waals surface area contributed by atoms with Crippen LogP contribution in [0.15, 0.2) is 40.7 Å². The molecule has 4 rings (SSSR count). The normalized spacial score (nSPS) is 17.0. The van der Waals surface area contributed by atoms with Crippen LogP contribution >= 0.6 is 0 Å².